The molecule has 5 rings (SSSR count). The van der Waals surface area contributed by atoms with Crippen LogP contribution in [0.25, 0.3) is 0 Å². The number of thiazole rings is 1. The lowest BCUT2D eigenvalue weighted by atomic mass is 9.92. The minimum Gasteiger partial charge on any atom is -0.341 e. The van der Waals surface area contributed by atoms with Gasteiger partial charge in [0.25, 0.3) is 0 Å². The van der Waals surface area contributed by atoms with Gasteiger partial charge in [0.1, 0.15) is 0 Å². The van der Waals surface area contributed by atoms with Crippen molar-refractivity contribution in [2.45, 2.75) is 25.3 Å². The lowest BCUT2D eigenvalue weighted by Gasteiger charge is -2.20. The fourth-order valence-corrected chi connectivity index (χ4v) is 5.07. The number of amides is 1. The summed E-state index contributed by atoms with van der Waals surface area (Å²) in [5, 5.41) is 5.52. The number of likely N-dealkylation sites (tertiary alicyclic amines) is 1. The molecule has 4 heterocycles. The molecule has 1 aromatic carbocycles. The smallest absolute Gasteiger partial charge is 0.231 e. The number of nitrogens with one attached hydrogen (secondary N) is 1. The highest BCUT2D eigenvalue weighted by Crippen LogP contribution is 2.34. The number of aromatic nitrogens is 3. The van der Waals surface area contributed by atoms with E-state index in [0.29, 0.717) is 11.7 Å². The monoisotopic (exact) mass is 434 g/mol. The molecule has 2 fully saturated rings. The van der Waals surface area contributed by atoms with E-state index in [2.05, 4.69) is 49.4 Å². The lowest BCUT2D eigenvalue weighted by molar-refractivity contribution is -0.119. The minimum absolute atomic E-state index is 0.0110. The third-order valence-corrected chi connectivity index (χ3v) is 6.77. The Morgan fingerprint density at radius 1 is 1.06 bits per heavy atom. The van der Waals surface area contributed by atoms with E-state index in [9.17, 15) is 4.79 Å². The number of rotatable bonds is 6. The van der Waals surface area contributed by atoms with Gasteiger partial charge in [-0.3, -0.25) is 9.69 Å². The van der Waals surface area contributed by atoms with Gasteiger partial charge in [-0.1, -0.05) is 30.3 Å². The van der Waals surface area contributed by atoms with Gasteiger partial charge in [0.15, 0.2) is 5.13 Å². The predicted molar refractivity (Wildman–Crippen MR) is 122 cm³/mol. The fraction of sp³-hybridized carbons (Fsp3) is 0.391. The van der Waals surface area contributed by atoms with E-state index in [4.69, 9.17) is 4.98 Å². The molecule has 7 nitrogen and oxygen atoms in total. The van der Waals surface area contributed by atoms with Crippen LogP contribution >= 0.6 is 11.3 Å². The summed E-state index contributed by atoms with van der Waals surface area (Å²) in [6.07, 6.45) is 5.91. The van der Waals surface area contributed by atoms with E-state index in [-0.39, 0.29) is 17.7 Å². The number of hydrogen-bond acceptors (Lipinski definition) is 7. The third-order valence-electron chi connectivity index (χ3n) is 6.08. The van der Waals surface area contributed by atoms with Crippen molar-refractivity contribution in [2.24, 2.45) is 5.92 Å². The van der Waals surface area contributed by atoms with Crippen LogP contribution in [0.3, 0.4) is 0 Å². The summed E-state index contributed by atoms with van der Waals surface area (Å²) in [6.45, 7) is 4.31. The Labute approximate surface area is 186 Å². The Morgan fingerprint density at radius 3 is 2.68 bits per heavy atom. The largest absolute Gasteiger partial charge is 0.341 e. The molecular formula is C23H26N6OS. The maximum atomic E-state index is 13.2. The highest BCUT2D eigenvalue weighted by atomic mass is 32.1. The van der Waals surface area contributed by atoms with E-state index in [1.807, 2.05) is 23.7 Å². The molecule has 1 amide bonds. The maximum absolute atomic E-state index is 13.2. The first kappa shape index (κ1) is 20.1. The normalized spacial score (nSPS) is 21.5. The standard InChI is InChI=1S/C23H26N6OS/c30-21(27-23-25-10-13-31-23)19-16-28(14-17-6-2-1-3-7-17)15-18(19)20-8-9-24-22(26-20)29-11-4-5-12-29/h1-3,6-10,13,18-19H,4-5,11-12,14-16H2,(H,25,27,30)/t18-,19-/m0/s1. The fourth-order valence-electron chi connectivity index (χ4n) is 4.54. The zero-order valence-corrected chi connectivity index (χ0v) is 18.2. The molecule has 2 aliphatic heterocycles. The van der Waals surface area contributed by atoms with Gasteiger partial charge in [0.2, 0.25) is 11.9 Å². The van der Waals surface area contributed by atoms with Gasteiger partial charge < -0.3 is 10.2 Å². The van der Waals surface area contributed by atoms with Gasteiger partial charge in [-0.15, -0.1) is 11.3 Å². The zero-order valence-electron chi connectivity index (χ0n) is 17.4. The van der Waals surface area contributed by atoms with Crippen LogP contribution in [-0.4, -0.2) is 51.9 Å². The summed E-state index contributed by atoms with van der Waals surface area (Å²) in [5.74, 6) is 0.634. The average Bonchev–Trinajstić information content (AvgIpc) is 3.57. The van der Waals surface area contributed by atoms with Crippen LogP contribution in [-0.2, 0) is 11.3 Å². The van der Waals surface area contributed by atoms with Crippen molar-refractivity contribution >= 4 is 28.3 Å². The maximum Gasteiger partial charge on any atom is 0.231 e. The van der Waals surface area contributed by atoms with Crippen molar-refractivity contribution in [3.8, 4) is 0 Å². The molecule has 0 spiro atoms. The molecule has 31 heavy (non-hydrogen) atoms. The van der Waals surface area contributed by atoms with Crippen molar-refractivity contribution in [1.29, 1.82) is 0 Å². The molecule has 0 bridgehead atoms. The molecule has 0 unspecified atom stereocenters. The second kappa shape index (κ2) is 9.11. The van der Waals surface area contributed by atoms with Crippen molar-refractivity contribution in [2.75, 3.05) is 36.4 Å². The van der Waals surface area contributed by atoms with Crippen molar-refractivity contribution in [1.82, 2.24) is 19.9 Å². The summed E-state index contributed by atoms with van der Waals surface area (Å²) in [7, 11) is 0. The second-order valence-corrected chi connectivity index (χ2v) is 9.09. The first-order valence-electron chi connectivity index (χ1n) is 10.8. The van der Waals surface area contributed by atoms with Gasteiger partial charge >= 0.3 is 0 Å². The van der Waals surface area contributed by atoms with E-state index in [0.717, 1.165) is 37.8 Å². The quantitative estimate of drug-likeness (QED) is 0.641. The van der Waals surface area contributed by atoms with Crippen molar-refractivity contribution in [3.63, 3.8) is 0 Å². The molecule has 1 N–H and O–H groups in total. The van der Waals surface area contributed by atoms with Crippen molar-refractivity contribution < 1.29 is 4.79 Å². The van der Waals surface area contributed by atoms with E-state index in [1.54, 1.807) is 6.20 Å². The molecule has 0 saturated carbocycles. The number of carbonyl (C=O) groups is 1. The Hall–Kier alpha value is -2.84. The lowest BCUT2D eigenvalue weighted by Crippen LogP contribution is -2.29. The summed E-state index contributed by atoms with van der Waals surface area (Å²) in [6, 6.07) is 12.4. The van der Waals surface area contributed by atoms with Crippen LogP contribution in [0.5, 0.6) is 0 Å². The molecule has 2 aliphatic rings. The van der Waals surface area contributed by atoms with E-state index in [1.165, 1.54) is 29.7 Å². The van der Waals surface area contributed by atoms with Gasteiger partial charge in [-0.25, -0.2) is 15.0 Å². The summed E-state index contributed by atoms with van der Waals surface area (Å²) < 4.78 is 0. The number of hydrogen-bond donors (Lipinski definition) is 1. The van der Waals surface area contributed by atoms with Crippen LogP contribution in [0, 0.1) is 5.92 Å². The molecule has 0 aliphatic carbocycles. The topological polar surface area (TPSA) is 74.2 Å². The van der Waals surface area contributed by atoms with E-state index < -0.39 is 0 Å². The Bertz CT molecular complexity index is 1010. The summed E-state index contributed by atoms with van der Waals surface area (Å²) in [4.78, 5) is 31.4. The molecule has 160 valence electrons. The molecular weight excluding hydrogens is 408 g/mol. The molecule has 2 saturated heterocycles. The Balaban J connectivity index is 1.39. The molecule has 2 aromatic heterocycles. The third kappa shape index (κ3) is 4.60. The molecule has 2 atom stereocenters. The van der Waals surface area contributed by atoms with Gasteiger partial charge in [-0.05, 0) is 24.5 Å². The number of nitrogens with zero attached hydrogens (tertiary/aromatic N) is 5. The van der Waals surface area contributed by atoms with E-state index >= 15 is 0 Å². The van der Waals surface area contributed by atoms with Crippen LogP contribution in [0.15, 0.2) is 54.2 Å². The van der Waals surface area contributed by atoms with Crippen LogP contribution < -0.4 is 10.2 Å². The van der Waals surface area contributed by atoms with Crippen LogP contribution in [0.2, 0.25) is 0 Å². The number of carbonyl (C=O) groups excluding carboxylic acids is 1. The van der Waals surface area contributed by atoms with Gasteiger partial charge in [0, 0.05) is 56.4 Å². The number of anilines is 2. The van der Waals surface area contributed by atoms with Gasteiger partial charge in [-0.2, -0.15) is 0 Å². The second-order valence-electron chi connectivity index (χ2n) is 8.19. The summed E-state index contributed by atoms with van der Waals surface area (Å²) in [5.41, 5.74) is 2.20. The molecule has 3 aromatic rings. The summed E-state index contributed by atoms with van der Waals surface area (Å²) >= 11 is 1.44. The minimum atomic E-state index is -0.186. The highest BCUT2D eigenvalue weighted by molar-refractivity contribution is 7.13. The van der Waals surface area contributed by atoms with Gasteiger partial charge in [0.05, 0.1) is 11.6 Å². The SMILES string of the molecule is O=C(Nc1nccs1)[C@H]1CN(Cc2ccccc2)C[C@@H]1c1ccnc(N2CCCC2)n1. The van der Waals surface area contributed by atoms with Crippen molar-refractivity contribution in [3.05, 3.63) is 65.4 Å². The Kier molecular flexibility index (Phi) is 5.90. The molecule has 0 radical (unpaired) electrons. The molecule has 8 heteroatoms. The number of benzene rings is 1. The zero-order chi connectivity index (χ0) is 21.0. The Morgan fingerprint density at radius 2 is 1.90 bits per heavy atom. The predicted octanol–water partition coefficient (Wildman–Crippen LogP) is 3.39. The first-order chi connectivity index (χ1) is 15.3. The average molecular weight is 435 g/mol. The highest BCUT2D eigenvalue weighted by Gasteiger charge is 2.39. The van der Waals surface area contributed by atoms with Crippen LogP contribution in [0.4, 0.5) is 11.1 Å². The van der Waals surface area contributed by atoms with Crippen LogP contribution in [0.1, 0.15) is 30.0 Å². The first-order valence-corrected chi connectivity index (χ1v) is 11.7.